The van der Waals surface area contributed by atoms with E-state index >= 15 is 0 Å². The van der Waals surface area contributed by atoms with Crippen LogP contribution >= 0.6 is 0 Å². The summed E-state index contributed by atoms with van der Waals surface area (Å²) in [5, 5.41) is 0. The lowest BCUT2D eigenvalue weighted by Crippen LogP contribution is -2.46. The molecule has 10 heavy (non-hydrogen) atoms. The van der Waals surface area contributed by atoms with Gasteiger partial charge in [-0.05, 0) is 0 Å². The molecular formula is C5H11N3O2. The molecule has 5 heteroatoms. The third-order valence-corrected chi connectivity index (χ3v) is 1.32. The van der Waals surface area contributed by atoms with Crippen molar-refractivity contribution in [2.45, 2.75) is 13.0 Å². The first-order chi connectivity index (χ1) is 4.46. The molecule has 0 rings (SSSR count). The normalized spacial score (nSPS) is 15.8. The first kappa shape index (κ1) is 8.90. The van der Waals surface area contributed by atoms with Crippen molar-refractivity contribution in [3.8, 4) is 0 Å². The molecule has 0 aromatic carbocycles. The van der Waals surface area contributed by atoms with E-state index in [1.54, 1.807) is 0 Å². The second-order valence-electron chi connectivity index (χ2n) is 2.12. The number of primary amides is 2. The number of carbonyl (C=O) groups is 2. The fourth-order valence-corrected chi connectivity index (χ4v) is 0.423. The summed E-state index contributed by atoms with van der Waals surface area (Å²) in [6.07, 6.45) is 0. The van der Waals surface area contributed by atoms with Gasteiger partial charge in [0.1, 0.15) is 0 Å². The summed E-state index contributed by atoms with van der Waals surface area (Å²) in [4.78, 5) is 20.7. The third-order valence-electron chi connectivity index (χ3n) is 1.32. The SMILES string of the molecule is CC(C(N)=O)[C@H](N)C(N)=O. The Bertz CT molecular complexity index is 139. The predicted octanol–water partition coefficient (Wildman–Crippen LogP) is -2.08. The highest BCUT2D eigenvalue weighted by atomic mass is 16.2. The number of hydrogen-bond acceptors (Lipinski definition) is 3. The quantitative estimate of drug-likeness (QED) is 0.423. The fourth-order valence-electron chi connectivity index (χ4n) is 0.423. The molecule has 0 aromatic rings. The molecule has 0 spiro atoms. The minimum Gasteiger partial charge on any atom is -0.369 e. The van der Waals surface area contributed by atoms with Crippen LogP contribution in [0.5, 0.6) is 0 Å². The predicted molar refractivity (Wildman–Crippen MR) is 35.5 cm³/mol. The van der Waals surface area contributed by atoms with Crippen molar-refractivity contribution in [3.05, 3.63) is 0 Å². The van der Waals surface area contributed by atoms with Gasteiger partial charge in [0.2, 0.25) is 11.8 Å². The van der Waals surface area contributed by atoms with Crippen molar-refractivity contribution in [1.82, 2.24) is 0 Å². The summed E-state index contributed by atoms with van der Waals surface area (Å²) < 4.78 is 0. The Labute approximate surface area is 58.5 Å². The first-order valence-electron chi connectivity index (χ1n) is 2.81. The van der Waals surface area contributed by atoms with Crippen molar-refractivity contribution >= 4 is 11.8 Å². The summed E-state index contributed by atoms with van der Waals surface area (Å²) in [5.74, 6) is -2.03. The maximum Gasteiger partial charge on any atom is 0.235 e. The van der Waals surface area contributed by atoms with Crippen LogP contribution in [0.2, 0.25) is 0 Å². The highest BCUT2D eigenvalue weighted by molar-refractivity contribution is 5.87. The van der Waals surface area contributed by atoms with Crippen molar-refractivity contribution in [2.75, 3.05) is 0 Å². The minimum absolute atomic E-state index is 0.619. The van der Waals surface area contributed by atoms with E-state index in [9.17, 15) is 9.59 Å². The molecular weight excluding hydrogens is 134 g/mol. The largest absolute Gasteiger partial charge is 0.369 e. The minimum atomic E-state index is -0.975. The Kier molecular flexibility index (Phi) is 2.82. The van der Waals surface area contributed by atoms with Crippen molar-refractivity contribution in [2.24, 2.45) is 23.1 Å². The second kappa shape index (κ2) is 3.17. The van der Waals surface area contributed by atoms with Crippen LogP contribution in [-0.4, -0.2) is 17.9 Å². The molecule has 0 fully saturated rings. The van der Waals surface area contributed by atoms with Gasteiger partial charge in [-0.1, -0.05) is 6.92 Å². The number of amides is 2. The fraction of sp³-hybridized carbons (Fsp3) is 0.600. The topological polar surface area (TPSA) is 112 Å². The Balaban J connectivity index is 4.07. The van der Waals surface area contributed by atoms with E-state index in [4.69, 9.17) is 17.2 Å². The lowest BCUT2D eigenvalue weighted by molar-refractivity contribution is -0.127. The van der Waals surface area contributed by atoms with Gasteiger partial charge in [0, 0.05) is 0 Å². The van der Waals surface area contributed by atoms with E-state index in [-0.39, 0.29) is 0 Å². The van der Waals surface area contributed by atoms with Gasteiger partial charge in [0.25, 0.3) is 0 Å². The first-order valence-corrected chi connectivity index (χ1v) is 2.81. The molecule has 1 unspecified atom stereocenters. The summed E-state index contributed by atoms with van der Waals surface area (Å²) in [6, 6.07) is -0.975. The number of hydrogen-bond donors (Lipinski definition) is 3. The summed E-state index contributed by atoms with van der Waals surface area (Å²) in [5.41, 5.74) is 14.8. The number of rotatable bonds is 3. The molecule has 2 amide bonds. The van der Waals surface area contributed by atoms with E-state index in [1.807, 2.05) is 0 Å². The van der Waals surface area contributed by atoms with Crippen LogP contribution in [0.3, 0.4) is 0 Å². The zero-order valence-electron chi connectivity index (χ0n) is 5.70. The maximum atomic E-state index is 10.4. The zero-order chi connectivity index (χ0) is 8.31. The molecule has 0 heterocycles. The van der Waals surface area contributed by atoms with Crippen LogP contribution in [0.1, 0.15) is 6.92 Å². The molecule has 0 bridgehead atoms. The van der Waals surface area contributed by atoms with Gasteiger partial charge >= 0.3 is 0 Å². The van der Waals surface area contributed by atoms with Crippen molar-refractivity contribution < 1.29 is 9.59 Å². The summed E-state index contributed by atoms with van der Waals surface area (Å²) >= 11 is 0. The van der Waals surface area contributed by atoms with Gasteiger partial charge in [0.15, 0.2) is 0 Å². The molecule has 58 valence electrons. The molecule has 6 N–H and O–H groups in total. The van der Waals surface area contributed by atoms with Crippen LogP contribution in [0.15, 0.2) is 0 Å². The average molecular weight is 145 g/mol. The lowest BCUT2D eigenvalue weighted by Gasteiger charge is -2.11. The highest BCUT2D eigenvalue weighted by Crippen LogP contribution is 1.97. The van der Waals surface area contributed by atoms with Gasteiger partial charge in [-0.3, -0.25) is 9.59 Å². The molecule has 0 aliphatic carbocycles. The molecule has 2 atom stereocenters. The van der Waals surface area contributed by atoms with Crippen LogP contribution in [0, 0.1) is 5.92 Å². The summed E-state index contributed by atoms with van der Waals surface area (Å²) in [7, 11) is 0. The maximum absolute atomic E-state index is 10.4. The highest BCUT2D eigenvalue weighted by Gasteiger charge is 2.22. The van der Waals surface area contributed by atoms with Crippen LogP contribution < -0.4 is 17.2 Å². The van der Waals surface area contributed by atoms with Crippen molar-refractivity contribution in [3.63, 3.8) is 0 Å². The average Bonchev–Trinajstić information content (AvgIpc) is 1.84. The smallest absolute Gasteiger partial charge is 0.235 e. The number of carbonyl (C=O) groups excluding carboxylic acids is 2. The van der Waals surface area contributed by atoms with Gasteiger partial charge in [0.05, 0.1) is 12.0 Å². The molecule has 0 saturated heterocycles. The van der Waals surface area contributed by atoms with Gasteiger partial charge in [-0.2, -0.15) is 0 Å². The Morgan fingerprint density at radius 3 is 1.70 bits per heavy atom. The van der Waals surface area contributed by atoms with E-state index in [2.05, 4.69) is 0 Å². The molecule has 0 saturated carbocycles. The Hall–Kier alpha value is -1.10. The van der Waals surface area contributed by atoms with E-state index < -0.39 is 23.8 Å². The van der Waals surface area contributed by atoms with Gasteiger partial charge in [-0.15, -0.1) is 0 Å². The molecule has 0 aromatic heterocycles. The molecule has 0 aliphatic heterocycles. The second-order valence-corrected chi connectivity index (χ2v) is 2.12. The van der Waals surface area contributed by atoms with Crippen LogP contribution in [0.25, 0.3) is 0 Å². The molecule has 0 aliphatic rings. The summed E-state index contributed by atoms with van der Waals surface area (Å²) in [6.45, 7) is 1.46. The van der Waals surface area contributed by atoms with Crippen LogP contribution in [-0.2, 0) is 9.59 Å². The third kappa shape index (κ3) is 2.02. The Morgan fingerprint density at radius 1 is 1.20 bits per heavy atom. The van der Waals surface area contributed by atoms with E-state index in [1.165, 1.54) is 6.92 Å². The van der Waals surface area contributed by atoms with Gasteiger partial charge in [-0.25, -0.2) is 0 Å². The van der Waals surface area contributed by atoms with E-state index in [0.717, 1.165) is 0 Å². The molecule has 5 nitrogen and oxygen atoms in total. The van der Waals surface area contributed by atoms with Crippen molar-refractivity contribution in [1.29, 1.82) is 0 Å². The standard InChI is InChI=1S/C5H11N3O2/c1-2(4(7)9)3(6)5(8)10/h2-3H,6H2,1H3,(H2,7,9)(H2,8,10)/t2?,3-/m0/s1. The monoisotopic (exact) mass is 145 g/mol. The molecule has 0 radical (unpaired) electrons. The Morgan fingerprint density at radius 2 is 1.60 bits per heavy atom. The zero-order valence-corrected chi connectivity index (χ0v) is 5.70. The van der Waals surface area contributed by atoms with Crippen LogP contribution in [0.4, 0.5) is 0 Å². The number of nitrogens with two attached hydrogens (primary N) is 3. The lowest BCUT2D eigenvalue weighted by atomic mass is 10.0. The van der Waals surface area contributed by atoms with E-state index in [0.29, 0.717) is 0 Å². The van der Waals surface area contributed by atoms with Gasteiger partial charge < -0.3 is 17.2 Å².